The number of aryl methyl sites for hydroxylation is 1. The molecule has 128 valence electrons. The third-order valence-electron chi connectivity index (χ3n) is 3.53. The summed E-state index contributed by atoms with van der Waals surface area (Å²) in [5, 5.41) is 0.609. The molecule has 0 saturated carbocycles. The van der Waals surface area contributed by atoms with Gasteiger partial charge in [0.25, 0.3) is 0 Å². The first-order valence-corrected chi connectivity index (χ1v) is 9.65. The van der Waals surface area contributed by atoms with Gasteiger partial charge in [0.05, 0.1) is 23.8 Å². The van der Waals surface area contributed by atoms with Crippen molar-refractivity contribution in [1.29, 1.82) is 0 Å². The van der Waals surface area contributed by atoms with Gasteiger partial charge < -0.3 is 4.74 Å². The first-order chi connectivity index (χ1) is 11.6. The molecule has 0 radical (unpaired) electrons. The highest BCUT2D eigenvalue weighted by Crippen LogP contribution is 2.15. The summed E-state index contributed by atoms with van der Waals surface area (Å²) in [5.74, 6) is 0.396. The second-order valence-corrected chi connectivity index (χ2v) is 7.42. The molecule has 24 heavy (non-hydrogen) atoms. The third-order valence-corrected chi connectivity index (χ3v) is 5.21. The van der Waals surface area contributed by atoms with Crippen LogP contribution in [-0.2, 0) is 33.2 Å². The second kappa shape index (κ2) is 9.60. The first-order valence-electron chi connectivity index (χ1n) is 7.96. The number of carbonyl (C=O) groups is 1. The van der Waals surface area contributed by atoms with E-state index in [4.69, 9.17) is 16.3 Å². The van der Waals surface area contributed by atoms with E-state index in [1.165, 1.54) is 5.56 Å². The van der Waals surface area contributed by atoms with Gasteiger partial charge in [0.2, 0.25) is 0 Å². The molecule has 5 heteroatoms. The Morgan fingerprint density at radius 3 is 2.50 bits per heavy atom. The van der Waals surface area contributed by atoms with Crippen LogP contribution in [0.2, 0.25) is 5.02 Å². The number of rotatable bonds is 8. The van der Waals surface area contributed by atoms with E-state index in [0.717, 1.165) is 23.3 Å². The van der Waals surface area contributed by atoms with E-state index >= 15 is 0 Å². The lowest BCUT2D eigenvalue weighted by Crippen LogP contribution is -2.07. The normalized spacial score (nSPS) is 11.9. The van der Waals surface area contributed by atoms with Gasteiger partial charge in [-0.15, -0.1) is 0 Å². The lowest BCUT2D eigenvalue weighted by atomic mass is 10.1. The Kier molecular flexibility index (Phi) is 7.47. The van der Waals surface area contributed by atoms with Crippen molar-refractivity contribution in [3.8, 4) is 0 Å². The smallest absolute Gasteiger partial charge is 0.310 e. The van der Waals surface area contributed by atoms with Crippen LogP contribution in [0.5, 0.6) is 0 Å². The van der Waals surface area contributed by atoms with E-state index in [0.29, 0.717) is 23.8 Å². The Hall–Kier alpha value is -1.65. The van der Waals surface area contributed by atoms with E-state index < -0.39 is 10.8 Å². The number of esters is 1. The zero-order chi connectivity index (χ0) is 17.4. The maximum absolute atomic E-state index is 12.2. The Morgan fingerprint density at radius 1 is 1.12 bits per heavy atom. The largest absolute Gasteiger partial charge is 0.466 e. The Bertz CT molecular complexity index is 698. The first kappa shape index (κ1) is 18.7. The molecule has 0 aromatic heterocycles. The fraction of sp³-hybridized carbons (Fsp3) is 0.316. The zero-order valence-corrected chi connectivity index (χ0v) is 15.2. The maximum atomic E-state index is 12.2. The SMILES string of the molecule is CCOC(=O)Cc1ccc(CCCS(=O)c2cccc(Cl)c2)cc1. The Morgan fingerprint density at radius 2 is 1.83 bits per heavy atom. The molecule has 0 spiro atoms. The average Bonchev–Trinajstić information content (AvgIpc) is 2.56. The molecule has 0 fully saturated rings. The molecular formula is C19H21ClO3S. The summed E-state index contributed by atoms with van der Waals surface area (Å²) >= 11 is 5.92. The van der Waals surface area contributed by atoms with Crippen LogP contribution >= 0.6 is 11.6 Å². The van der Waals surface area contributed by atoms with Crippen molar-refractivity contribution >= 4 is 28.4 Å². The molecular weight excluding hydrogens is 344 g/mol. The summed E-state index contributed by atoms with van der Waals surface area (Å²) in [7, 11) is -1.03. The average molecular weight is 365 g/mol. The fourth-order valence-electron chi connectivity index (χ4n) is 2.34. The summed E-state index contributed by atoms with van der Waals surface area (Å²) in [6.45, 7) is 2.20. The lowest BCUT2D eigenvalue weighted by Gasteiger charge is -2.05. The lowest BCUT2D eigenvalue weighted by molar-refractivity contribution is -0.142. The fourth-order valence-corrected chi connectivity index (χ4v) is 3.72. The van der Waals surface area contributed by atoms with Crippen LogP contribution in [0.4, 0.5) is 0 Å². The van der Waals surface area contributed by atoms with Gasteiger partial charge in [-0.2, -0.15) is 0 Å². The molecule has 0 bridgehead atoms. The molecule has 0 aliphatic carbocycles. The van der Waals surface area contributed by atoms with Crippen molar-refractivity contribution in [2.24, 2.45) is 0 Å². The van der Waals surface area contributed by atoms with E-state index in [1.807, 2.05) is 36.4 Å². The predicted molar refractivity (Wildman–Crippen MR) is 97.8 cm³/mol. The van der Waals surface area contributed by atoms with Crippen molar-refractivity contribution in [2.45, 2.75) is 31.1 Å². The van der Waals surface area contributed by atoms with Crippen molar-refractivity contribution in [1.82, 2.24) is 0 Å². The standard InChI is InChI=1S/C19H21ClO3S/c1-2-23-19(21)13-16-10-8-15(9-11-16)5-4-12-24(22)18-7-3-6-17(20)14-18/h3,6-11,14H,2,4-5,12-13H2,1H3. The topological polar surface area (TPSA) is 43.4 Å². The van der Waals surface area contributed by atoms with Gasteiger partial charge in [-0.3, -0.25) is 9.00 Å². The highest BCUT2D eigenvalue weighted by atomic mass is 35.5. The van der Waals surface area contributed by atoms with Crippen molar-refractivity contribution in [3.63, 3.8) is 0 Å². The number of halogens is 1. The quantitative estimate of drug-likeness (QED) is 0.660. The van der Waals surface area contributed by atoms with E-state index in [2.05, 4.69) is 0 Å². The van der Waals surface area contributed by atoms with Crippen molar-refractivity contribution in [3.05, 3.63) is 64.7 Å². The van der Waals surface area contributed by atoms with Gasteiger partial charge in [-0.25, -0.2) is 0 Å². The number of hydrogen-bond acceptors (Lipinski definition) is 3. The predicted octanol–water partition coefficient (Wildman–Crippen LogP) is 4.19. The second-order valence-electron chi connectivity index (χ2n) is 5.41. The number of ether oxygens (including phenoxy) is 1. The van der Waals surface area contributed by atoms with Gasteiger partial charge in [-0.05, 0) is 49.1 Å². The molecule has 0 heterocycles. The van der Waals surface area contributed by atoms with Crippen molar-refractivity contribution in [2.75, 3.05) is 12.4 Å². The van der Waals surface area contributed by atoms with E-state index in [1.54, 1.807) is 19.1 Å². The highest BCUT2D eigenvalue weighted by molar-refractivity contribution is 7.85. The van der Waals surface area contributed by atoms with Crippen LogP contribution < -0.4 is 0 Å². The Labute approximate surface area is 150 Å². The minimum absolute atomic E-state index is 0.206. The third kappa shape index (κ3) is 6.10. The van der Waals surface area contributed by atoms with Crippen LogP contribution in [0.3, 0.4) is 0 Å². The van der Waals surface area contributed by atoms with Crippen LogP contribution in [0.15, 0.2) is 53.4 Å². The van der Waals surface area contributed by atoms with Gasteiger partial charge in [0.15, 0.2) is 0 Å². The molecule has 0 N–H and O–H groups in total. The van der Waals surface area contributed by atoms with Gasteiger partial charge in [0.1, 0.15) is 0 Å². The van der Waals surface area contributed by atoms with E-state index in [-0.39, 0.29) is 5.97 Å². The van der Waals surface area contributed by atoms with Gasteiger partial charge >= 0.3 is 5.97 Å². The highest BCUT2D eigenvalue weighted by Gasteiger charge is 2.06. The molecule has 2 aromatic carbocycles. The molecule has 2 rings (SSSR count). The molecule has 0 aliphatic heterocycles. The minimum Gasteiger partial charge on any atom is -0.466 e. The van der Waals surface area contributed by atoms with Crippen LogP contribution in [0.1, 0.15) is 24.5 Å². The summed E-state index contributed by atoms with van der Waals surface area (Å²) in [6, 6.07) is 15.1. The monoisotopic (exact) mass is 364 g/mol. The molecule has 0 saturated heterocycles. The Balaban J connectivity index is 1.80. The molecule has 3 nitrogen and oxygen atoms in total. The van der Waals surface area contributed by atoms with Crippen LogP contribution in [0.25, 0.3) is 0 Å². The van der Waals surface area contributed by atoms with E-state index in [9.17, 15) is 9.00 Å². The van der Waals surface area contributed by atoms with Gasteiger partial charge in [0, 0.05) is 15.7 Å². The maximum Gasteiger partial charge on any atom is 0.310 e. The van der Waals surface area contributed by atoms with Crippen LogP contribution in [0, 0.1) is 0 Å². The molecule has 0 amide bonds. The summed E-state index contributed by atoms with van der Waals surface area (Å²) in [4.78, 5) is 12.2. The molecule has 1 atom stereocenters. The minimum atomic E-state index is -1.03. The van der Waals surface area contributed by atoms with Crippen molar-refractivity contribution < 1.29 is 13.7 Å². The summed E-state index contributed by atoms with van der Waals surface area (Å²) < 4.78 is 17.2. The molecule has 0 aliphatic rings. The summed E-state index contributed by atoms with van der Waals surface area (Å²) in [5.41, 5.74) is 2.12. The molecule has 2 aromatic rings. The number of hydrogen-bond donors (Lipinski definition) is 0. The molecule has 1 unspecified atom stereocenters. The number of carbonyl (C=O) groups excluding carboxylic acids is 1. The zero-order valence-electron chi connectivity index (χ0n) is 13.7. The number of benzene rings is 2. The van der Waals surface area contributed by atoms with Gasteiger partial charge in [-0.1, -0.05) is 41.9 Å². The van der Waals surface area contributed by atoms with Crippen LogP contribution in [-0.4, -0.2) is 22.5 Å². The summed E-state index contributed by atoms with van der Waals surface area (Å²) in [6.07, 6.45) is 1.98.